The topological polar surface area (TPSA) is 92.8 Å². The van der Waals surface area contributed by atoms with Crippen LogP contribution >= 0.6 is 11.3 Å². The van der Waals surface area contributed by atoms with Crippen LogP contribution in [0.2, 0.25) is 0 Å². The Balaban J connectivity index is 1.69. The number of nitrogens with zero attached hydrogens (tertiary/aromatic N) is 1. The van der Waals surface area contributed by atoms with Crippen molar-refractivity contribution in [2.45, 2.75) is 37.5 Å². The molecule has 1 aromatic heterocycles. The van der Waals surface area contributed by atoms with Gasteiger partial charge in [0.15, 0.2) is 0 Å². The summed E-state index contributed by atoms with van der Waals surface area (Å²) in [5.74, 6) is -2.04. The normalized spacial score (nSPS) is 13.1. The Kier molecular flexibility index (Phi) is 7.23. The molecule has 10 heteroatoms. The maximum atomic E-state index is 14.7. The Morgan fingerprint density at radius 1 is 1.09 bits per heavy atom. The van der Waals surface area contributed by atoms with Crippen molar-refractivity contribution in [2.75, 3.05) is 23.3 Å². The third-order valence-electron chi connectivity index (χ3n) is 5.83. The van der Waals surface area contributed by atoms with Gasteiger partial charge in [0, 0.05) is 4.88 Å². The van der Waals surface area contributed by atoms with Crippen LogP contribution < -0.4 is 9.62 Å². The number of hydrogen-bond donors (Lipinski definition) is 1. The number of anilines is 2. The molecule has 0 radical (unpaired) electrons. The summed E-state index contributed by atoms with van der Waals surface area (Å²) in [5.41, 5.74) is 1.78. The van der Waals surface area contributed by atoms with E-state index in [4.69, 9.17) is 4.74 Å². The zero-order valence-corrected chi connectivity index (χ0v) is 21.0. The Morgan fingerprint density at radius 2 is 1.77 bits per heavy atom. The van der Waals surface area contributed by atoms with Crippen LogP contribution in [0, 0.1) is 12.7 Å². The molecule has 7 nitrogen and oxygen atoms in total. The molecule has 184 valence electrons. The van der Waals surface area contributed by atoms with Gasteiger partial charge in [0.1, 0.15) is 17.4 Å². The van der Waals surface area contributed by atoms with E-state index >= 15 is 0 Å². The van der Waals surface area contributed by atoms with Crippen molar-refractivity contribution < 1.29 is 27.1 Å². The Labute approximate surface area is 207 Å². The molecule has 1 N–H and O–H groups in total. The van der Waals surface area contributed by atoms with Crippen molar-refractivity contribution in [2.24, 2.45) is 0 Å². The fourth-order valence-electron chi connectivity index (χ4n) is 4.06. The van der Waals surface area contributed by atoms with Crippen LogP contribution in [-0.4, -0.2) is 33.9 Å². The highest BCUT2D eigenvalue weighted by molar-refractivity contribution is 7.92. The van der Waals surface area contributed by atoms with Gasteiger partial charge >= 0.3 is 5.97 Å². The van der Waals surface area contributed by atoms with Crippen molar-refractivity contribution in [1.29, 1.82) is 0 Å². The molecule has 1 heterocycles. The SMILES string of the molecule is COC(=O)c1c(NC(=O)CN(c2ccccc2F)S(=O)(=O)c2ccc(C)cc2)sc2c1CCCC2. The third-order valence-corrected chi connectivity index (χ3v) is 8.81. The van der Waals surface area contributed by atoms with Crippen molar-refractivity contribution in [3.63, 3.8) is 0 Å². The smallest absolute Gasteiger partial charge is 0.341 e. The third kappa shape index (κ3) is 5.08. The van der Waals surface area contributed by atoms with Crippen LogP contribution in [0.5, 0.6) is 0 Å². The minimum absolute atomic E-state index is 0.0685. The Hall–Kier alpha value is -3.24. The van der Waals surface area contributed by atoms with E-state index in [1.54, 1.807) is 12.1 Å². The summed E-state index contributed by atoms with van der Waals surface area (Å²) in [6, 6.07) is 11.5. The van der Waals surface area contributed by atoms with Crippen LogP contribution in [0.3, 0.4) is 0 Å². The quantitative estimate of drug-likeness (QED) is 0.460. The number of hydrogen-bond acceptors (Lipinski definition) is 6. The van der Waals surface area contributed by atoms with Crippen LogP contribution in [-0.2, 0) is 32.4 Å². The molecule has 0 spiro atoms. The Bertz CT molecular complexity index is 1370. The molecule has 35 heavy (non-hydrogen) atoms. The second-order valence-corrected chi connectivity index (χ2v) is 11.2. The van der Waals surface area contributed by atoms with E-state index in [9.17, 15) is 22.4 Å². The van der Waals surface area contributed by atoms with Gasteiger partial charge in [0.2, 0.25) is 5.91 Å². The van der Waals surface area contributed by atoms with E-state index in [0.717, 1.165) is 45.6 Å². The molecule has 1 amide bonds. The number of ether oxygens (including phenoxy) is 1. The fourth-order valence-corrected chi connectivity index (χ4v) is 6.78. The molecule has 4 rings (SSSR count). The number of rotatable bonds is 7. The summed E-state index contributed by atoms with van der Waals surface area (Å²) in [6.07, 6.45) is 3.41. The number of nitrogens with one attached hydrogen (secondary N) is 1. The first-order valence-electron chi connectivity index (χ1n) is 11.1. The van der Waals surface area contributed by atoms with Crippen LogP contribution in [0.25, 0.3) is 0 Å². The van der Waals surface area contributed by atoms with Gasteiger partial charge in [-0.2, -0.15) is 0 Å². The lowest BCUT2D eigenvalue weighted by molar-refractivity contribution is -0.114. The lowest BCUT2D eigenvalue weighted by Gasteiger charge is -2.24. The number of halogens is 1. The van der Waals surface area contributed by atoms with Gasteiger partial charge in [-0.15, -0.1) is 11.3 Å². The highest BCUT2D eigenvalue weighted by atomic mass is 32.2. The van der Waals surface area contributed by atoms with Crippen LogP contribution in [0.1, 0.15) is 39.2 Å². The van der Waals surface area contributed by atoms with Crippen LogP contribution in [0.4, 0.5) is 15.1 Å². The molecule has 1 aliphatic carbocycles. The summed E-state index contributed by atoms with van der Waals surface area (Å²) in [6.45, 7) is 1.14. The number of aryl methyl sites for hydroxylation is 2. The molecule has 0 unspecified atom stereocenters. The monoisotopic (exact) mass is 516 g/mol. The van der Waals surface area contributed by atoms with Crippen molar-refractivity contribution >= 4 is 43.9 Å². The minimum Gasteiger partial charge on any atom is -0.465 e. The van der Waals surface area contributed by atoms with Gasteiger partial charge in [-0.1, -0.05) is 29.8 Å². The molecular formula is C25H25FN2O5S2. The van der Waals surface area contributed by atoms with E-state index in [1.807, 2.05) is 6.92 Å². The van der Waals surface area contributed by atoms with Gasteiger partial charge in [0.05, 0.1) is 23.3 Å². The minimum atomic E-state index is -4.27. The van der Waals surface area contributed by atoms with Gasteiger partial charge in [0.25, 0.3) is 10.0 Å². The molecule has 0 fully saturated rings. The number of amides is 1. The summed E-state index contributed by atoms with van der Waals surface area (Å²) in [7, 11) is -3.00. The molecule has 0 aliphatic heterocycles. The first kappa shape index (κ1) is 24.9. The van der Waals surface area contributed by atoms with Gasteiger partial charge in [-0.25, -0.2) is 17.6 Å². The number of sulfonamides is 1. The average Bonchev–Trinajstić information content (AvgIpc) is 3.20. The molecule has 2 aromatic carbocycles. The van der Waals surface area contributed by atoms with Gasteiger partial charge < -0.3 is 10.1 Å². The van der Waals surface area contributed by atoms with Crippen molar-refractivity contribution in [3.8, 4) is 0 Å². The molecule has 0 atom stereocenters. The van der Waals surface area contributed by atoms with Crippen LogP contribution in [0.15, 0.2) is 53.4 Å². The first-order valence-corrected chi connectivity index (χ1v) is 13.3. The fraction of sp³-hybridized carbons (Fsp3) is 0.280. The highest BCUT2D eigenvalue weighted by Crippen LogP contribution is 2.38. The lowest BCUT2D eigenvalue weighted by atomic mass is 9.95. The second kappa shape index (κ2) is 10.2. The number of carbonyl (C=O) groups is 2. The van der Waals surface area contributed by atoms with Gasteiger partial charge in [-0.05, 0) is 62.4 Å². The maximum absolute atomic E-state index is 14.7. The number of fused-ring (bicyclic) bond motifs is 1. The molecule has 1 aliphatic rings. The largest absolute Gasteiger partial charge is 0.465 e. The predicted octanol–water partition coefficient (Wildman–Crippen LogP) is 4.70. The number of esters is 1. The lowest BCUT2D eigenvalue weighted by Crippen LogP contribution is -2.38. The molecule has 0 bridgehead atoms. The molecule has 0 saturated carbocycles. The van der Waals surface area contributed by atoms with E-state index < -0.39 is 34.3 Å². The average molecular weight is 517 g/mol. The number of methoxy groups -OCH3 is 1. The van der Waals surface area contributed by atoms with E-state index in [0.29, 0.717) is 17.0 Å². The maximum Gasteiger partial charge on any atom is 0.341 e. The molecule has 3 aromatic rings. The van der Waals surface area contributed by atoms with E-state index in [1.165, 1.54) is 48.8 Å². The van der Waals surface area contributed by atoms with E-state index in [2.05, 4.69) is 5.32 Å². The zero-order valence-electron chi connectivity index (χ0n) is 19.3. The first-order chi connectivity index (χ1) is 16.7. The van der Waals surface area contributed by atoms with E-state index in [-0.39, 0.29) is 10.6 Å². The summed E-state index contributed by atoms with van der Waals surface area (Å²) < 4.78 is 47.3. The number of carbonyl (C=O) groups excluding carboxylic acids is 2. The summed E-state index contributed by atoms with van der Waals surface area (Å²) in [5, 5.41) is 3.00. The van der Waals surface area contributed by atoms with Gasteiger partial charge in [-0.3, -0.25) is 9.10 Å². The zero-order chi connectivity index (χ0) is 25.2. The number of para-hydroxylation sites is 1. The molecular weight excluding hydrogens is 491 g/mol. The number of thiophene rings is 1. The molecule has 0 saturated heterocycles. The Morgan fingerprint density at radius 3 is 2.46 bits per heavy atom. The summed E-state index contributed by atoms with van der Waals surface area (Å²) >= 11 is 1.29. The standard InChI is InChI=1S/C25H25FN2O5S2/c1-16-11-13-17(14-12-16)35(31,32)28(20-9-5-4-8-19(20)26)15-22(29)27-24-23(25(30)33-2)18-7-3-6-10-21(18)34-24/h4-5,8-9,11-14H,3,6-7,10,15H2,1-2H3,(H,27,29). The second-order valence-electron chi connectivity index (χ2n) is 8.23. The highest BCUT2D eigenvalue weighted by Gasteiger charge is 2.31. The van der Waals surface area contributed by atoms with Crippen molar-refractivity contribution in [3.05, 3.63) is 75.9 Å². The summed E-state index contributed by atoms with van der Waals surface area (Å²) in [4.78, 5) is 26.6. The van der Waals surface area contributed by atoms with Crippen molar-refractivity contribution in [1.82, 2.24) is 0 Å². The predicted molar refractivity (Wildman–Crippen MR) is 133 cm³/mol. The number of benzene rings is 2.